The first kappa shape index (κ1) is 22.7. The monoisotopic (exact) mass is 390 g/mol. The number of benzene rings is 1. The lowest BCUT2D eigenvalue weighted by Gasteiger charge is -2.34. The van der Waals surface area contributed by atoms with Crippen LogP contribution < -0.4 is 10.6 Å². The van der Waals surface area contributed by atoms with Gasteiger partial charge in [0.15, 0.2) is 5.96 Å². The van der Waals surface area contributed by atoms with Crippen LogP contribution in [0, 0.1) is 5.92 Å². The number of rotatable bonds is 10. The number of hydrogen-bond donors (Lipinski definition) is 3. The van der Waals surface area contributed by atoms with Gasteiger partial charge in [0.2, 0.25) is 0 Å². The molecule has 1 fully saturated rings. The highest BCUT2D eigenvalue weighted by Crippen LogP contribution is 2.15. The Morgan fingerprint density at radius 1 is 1.18 bits per heavy atom. The van der Waals surface area contributed by atoms with Crippen LogP contribution in [0.3, 0.4) is 0 Å². The minimum absolute atomic E-state index is 0.439. The van der Waals surface area contributed by atoms with Gasteiger partial charge in [-0.05, 0) is 31.2 Å². The summed E-state index contributed by atoms with van der Waals surface area (Å²) in [7, 11) is 0. The number of morpholine rings is 1. The maximum absolute atomic E-state index is 10.3. The van der Waals surface area contributed by atoms with Crippen molar-refractivity contribution in [3.63, 3.8) is 0 Å². The molecular weight excluding hydrogens is 352 g/mol. The van der Waals surface area contributed by atoms with Crippen molar-refractivity contribution < 1.29 is 9.84 Å². The third-order valence-electron chi connectivity index (χ3n) is 5.00. The van der Waals surface area contributed by atoms with E-state index < -0.39 is 6.10 Å². The molecule has 1 saturated heterocycles. The van der Waals surface area contributed by atoms with Crippen molar-refractivity contribution in [3.8, 4) is 0 Å². The first-order chi connectivity index (χ1) is 13.6. The number of nitrogens with one attached hydrogen (secondary N) is 2. The summed E-state index contributed by atoms with van der Waals surface area (Å²) >= 11 is 0. The molecule has 0 aromatic heterocycles. The van der Waals surface area contributed by atoms with E-state index in [1.165, 1.54) is 0 Å². The van der Waals surface area contributed by atoms with Gasteiger partial charge in [-0.25, -0.2) is 0 Å². The van der Waals surface area contributed by atoms with Crippen molar-refractivity contribution in [2.24, 2.45) is 10.9 Å². The number of ether oxygens (including phenoxy) is 1. The Kier molecular flexibility index (Phi) is 10.3. The van der Waals surface area contributed by atoms with E-state index in [0.29, 0.717) is 24.9 Å². The van der Waals surface area contributed by atoms with E-state index in [2.05, 4.69) is 36.3 Å². The van der Waals surface area contributed by atoms with Gasteiger partial charge in [0, 0.05) is 32.2 Å². The topological polar surface area (TPSA) is 69.1 Å². The van der Waals surface area contributed by atoms with E-state index in [-0.39, 0.29) is 0 Å². The van der Waals surface area contributed by atoms with Crippen molar-refractivity contribution in [2.75, 3.05) is 45.9 Å². The van der Waals surface area contributed by atoms with Crippen LogP contribution >= 0.6 is 0 Å². The van der Waals surface area contributed by atoms with Crippen LogP contribution in [0.4, 0.5) is 0 Å². The normalized spacial score (nSPS) is 18.1. The predicted octanol–water partition coefficient (Wildman–Crippen LogP) is 2.41. The molecule has 6 heteroatoms. The lowest BCUT2D eigenvalue weighted by molar-refractivity contribution is 0.0143. The molecule has 158 valence electrons. The second kappa shape index (κ2) is 12.8. The van der Waals surface area contributed by atoms with Crippen LogP contribution in [0.25, 0.3) is 0 Å². The summed E-state index contributed by atoms with van der Waals surface area (Å²) in [5.74, 6) is 1.46. The fourth-order valence-corrected chi connectivity index (χ4v) is 3.53. The summed E-state index contributed by atoms with van der Waals surface area (Å²) in [5, 5.41) is 17.0. The summed E-state index contributed by atoms with van der Waals surface area (Å²) in [6.07, 6.45) is 1.32. The van der Waals surface area contributed by atoms with Crippen LogP contribution in [0.1, 0.15) is 45.3 Å². The van der Waals surface area contributed by atoms with Crippen LogP contribution in [-0.2, 0) is 4.74 Å². The zero-order valence-corrected chi connectivity index (χ0v) is 17.7. The first-order valence-corrected chi connectivity index (χ1v) is 10.7. The molecule has 0 radical (unpaired) electrons. The van der Waals surface area contributed by atoms with E-state index in [1.54, 1.807) is 0 Å². The van der Waals surface area contributed by atoms with Gasteiger partial charge in [-0.2, -0.15) is 0 Å². The molecule has 1 aliphatic heterocycles. The van der Waals surface area contributed by atoms with Gasteiger partial charge in [0.25, 0.3) is 0 Å². The Morgan fingerprint density at radius 2 is 1.89 bits per heavy atom. The predicted molar refractivity (Wildman–Crippen MR) is 116 cm³/mol. The first-order valence-electron chi connectivity index (χ1n) is 10.7. The number of nitrogens with zero attached hydrogens (tertiary/aromatic N) is 2. The lowest BCUT2D eigenvalue weighted by atomic mass is 10.0. The highest BCUT2D eigenvalue weighted by Gasteiger charge is 2.21. The molecule has 2 atom stereocenters. The summed E-state index contributed by atoms with van der Waals surface area (Å²) in [4.78, 5) is 7.35. The highest BCUT2D eigenvalue weighted by atomic mass is 16.5. The van der Waals surface area contributed by atoms with E-state index in [0.717, 1.165) is 57.3 Å². The van der Waals surface area contributed by atoms with Crippen LogP contribution in [-0.4, -0.2) is 67.9 Å². The largest absolute Gasteiger partial charge is 0.388 e. The summed E-state index contributed by atoms with van der Waals surface area (Å²) in [5.41, 5.74) is 0.954. The minimum atomic E-state index is -0.460. The maximum Gasteiger partial charge on any atom is 0.191 e. The van der Waals surface area contributed by atoms with Crippen LogP contribution in [0.2, 0.25) is 0 Å². The van der Waals surface area contributed by atoms with Gasteiger partial charge >= 0.3 is 0 Å². The molecule has 0 amide bonds. The van der Waals surface area contributed by atoms with Crippen molar-refractivity contribution in [1.82, 2.24) is 15.5 Å². The molecule has 0 saturated carbocycles. The summed E-state index contributed by atoms with van der Waals surface area (Å²) < 4.78 is 5.51. The Labute approximate surface area is 170 Å². The Morgan fingerprint density at radius 3 is 2.54 bits per heavy atom. The molecule has 28 heavy (non-hydrogen) atoms. The van der Waals surface area contributed by atoms with Gasteiger partial charge in [-0.3, -0.25) is 9.89 Å². The molecule has 6 nitrogen and oxygen atoms in total. The summed E-state index contributed by atoms with van der Waals surface area (Å²) in [6, 6.07) is 10.2. The number of aliphatic imine (C=N–C) groups is 1. The molecule has 3 N–H and O–H groups in total. The quantitative estimate of drug-likeness (QED) is 0.423. The van der Waals surface area contributed by atoms with Gasteiger partial charge in [-0.1, -0.05) is 44.2 Å². The highest BCUT2D eigenvalue weighted by molar-refractivity contribution is 5.79. The molecule has 1 aliphatic rings. The second-order valence-electron chi connectivity index (χ2n) is 7.79. The molecule has 0 bridgehead atoms. The Bertz CT molecular complexity index is 559. The molecule has 0 spiro atoms. The van der Waals surface area contributed by atoms with E-state index in [9.17, 15) is 5.11 Å². The van der Waals surface area contributed by atoms with Crippen molar-refractivity contribution in [1.29, 1.82) is 0 Å². The maximum atomic E-state index is 10.3. The Balaban J connectivity index is 1.87. The van der Waals surface area contributed by atoms with E-state index in [1.807, 2.05) is 30.3 Å². The van der Waals surface area contributed by atoms with Crippen molar-refractivity contribution in [3.05, 3.63) is 35.9 Å². The minimum Gasteiger partial charge on any atom is -0.388 e. The second-order valence-corrected chi connectivity index (χ2v) is 7.79. The fourth-order valence-electron chi connectivity index (χ4n) is 3.53. The molecule has 0 aliphatic carbocycles. The number of hydrogen-bond acceptors (Lipinski definition) is 4. The fraction of sp³-hybridized carbons (Fsp3) is 0.682. The third kappa shape index (κ3) is 8.17. The molecule has 1 heterocycles. The standard InChI is InChI=1S/C22H38N4O2/c1-4-23-22(24-11-10-21(27)19-8-6-5-7-9-19)25-17-20(16-18(2)3)26-12-14-28-15-13-26/h5-9,18,20-21,27H,4,10-17H2,1-3H3,(H2,23,24,25). The zero-order valence-electron chi connectivity index (χ0n) is 17.7. The van der Waals surface area contributed by atoms with E-state index in [4.69, 9.17) is 9.73 Å². The number of guanidine groups is 1. The lowest BCUT2D eigenvalue weighted by Crippen LogP contribution is -2.46. The SMILES string of the molecule is CCNC(=NCC(CC(C)C)N1CCOCC1)NCCC(O)c1ccccc1. The molecular formula is C22H38N4O2. The zero-order chi connectivity index (χ0) is 20.2. The van der Waals surface area contributed by atoms with Gasteiger partial charge in [-0.15, -0.1) is 0 Å². The van der Waals surface area contributed by atoms with Crippen LogP contribution in [0.5, 0.6) is 0 Å². The van der Waals surface area contributed by atoms with Gasteiger partial charge < -0.3 is 20.5 Å². The van der Waals surface area contributed by atoms with E-state index >= 15 is 0 Å². The van der Waals surface area contributed by atoms with Crippen molar-refractivity contribution in [2.45, 2.75) is 45.8 Å². The third-order valence-corrected chi connectivity index (χ3v) is 5.00. The average molecular weight is 391 g/mol. The van der Waals surface area contributed by atoms with Crippen molar-refractivity contribution >= 4 is 5.96 Å². The Hall–Kier alpha value is -1.63. The molecule has 2 rings (SSSR count). The van der Waals surface area contributed by atoms with Crippen LogP contribution in [0.15, 0.2) is 35.3 Å². The molecule has 1 aromatic rings. The number of aliphatic hydroxyl groups is 1. The summed E-state index contributed by atoms with van der Waals surface area (Å²) in [6.45, 7) is 12.5. The smallest absolute Gasteiger partial charge is 0.191 e. The van der Waals surface area contributed by atoms with Gasteiger partial charge in [0.05, 0.1) is 25.9 Å². The molecule has 1 aromatic carbocycles. The van der Waals surface area contributed by atoms with Gasteiger partial charge in [0.1, 0.15) is 0 Å². The molecule has 2 unspecified atom stereocenters. The number of aliphatic hydroxyl groups excluding tert-OH is 1. The average Bonchev–Trinajstić information content (AvgIpc) is 2.71.